The van der Waals surface area contributed by atoms with Crippen LogP contribution in [0.2, 0.25) is 0 Å². The fourth-order valence-electron chi connectivity index (χ4n) is 2.62. The first-order chi connectivity index (χ1) is 11.0. The molecule has 3 rings (SSSR count). The number of pyridine rings is 1. The van der Waals surface area contributed by atoms with Crippen LogP contribution in [0, 0.1) is 13.8 Å². The Balaban J connectivity index is 2.15. The zero-order chi connectivity index (χ0) is 16.6. The molecule has 0 bridgehead atoms. The van der Waals surface area contributed by atoms with Gasteiger partial charge in [0.15, 0.2) is 0 Å². The molecule has 0 spiro atoms. The molecule has 1 heterocycles. The van der Waals surface area contributed by atoms with E-state index >= 15 is 0 Å². The summed E-state index contributed by atoms with van der Waals surface area (Å²) in [5.74, 6) is 0.824. The highest BCUT2D eigenvalue weighted by Gasteiger charge is 2.13. The van der Waals surface area contributed by atoms with E-state index in [9.17, 15) is 0 Å². The molecule has 3 aromatic rings. The Morgan fingerprint density at radius 3 is 2.48 bits per heavy atom. The van der Waals surface area contributed by atoms with Crippen LogP contribution in [0.5, 0.6) is 5.75 Å². The molecule has 0 fully saturated rings. The van der Waals surface area contributed by atoms with Gasteiger partial charge in [0, 0.05) is 21.2 Å². The Bertz CT molecular complexity index is 876. The normalized spacial score (nSPS) is 10.8. The number of hydrogen-bond acceptors (Lipinski definition) is 4. The number of benzene rings is 2. The van der Waals surface area contributed by atoms with Crippen LogP contribution in [0.3, 0.4) is 0 Å². The van der Waals surface area contributed by atoms with E-state index in [-0.39, 0.29) is 0 Å². The van der Waals surface area contributed by atoms with Crippen LogP contribution in [-0.2, 0) is 0 Å². The predicted molar refractivity (Wildman–Crippen MR) is 99.6 cm³/mol. The van der Waals surface area contributed by atoms with E-state index in [1.54, 1.807) is 7.11 Å². The Morgan fingerprint density at radius 1 is 1.13 bits per heavy atom. The van der Waals surface area contributed by atoms with Crippen molar-refractivity contribution in [1.29, 1.82) is 0 Å². The van der Waals surface area contributed by atoms with Gasteiger partial charge in [0.1, 0.15) is 5.75 Å². The number of nitrogens with two attached hydrogens (primary N) is 1. The van der Waals surface area contributed by atoms with Gasteiger partial charge in [-0.1, -0.05) is 0 Å². The van der Waals surface area contributed by atoms with Gasteiger partial charge in [-0.15, -0.1) is 0 Å². The van der Waals surface area contributed by atoms with Crippen LogP contribution < -0.4 is 15.8 Å². The molecule has 5 heteroatoms. The first kappa shape index (κ1) is 15.6. The molecule has 0 unspecified atom stereocenters. The number of halogens is 1. The van der Waals surface area contributed by atoms with Crippen molar-refractivity contribution in [2.75, 3.05) is 18.2 Å². The minimum Gasteiger partial charge on any atom is -0.497 e. The first-order valence-electron chi connectivity index (χ1n) is 7.26. The van der Waals surface area contributed by atoms with Gasteiger partial charge in [-0.2, -0.15) is 0 Å². The summed E-state index contributed by atoms with van der Waals surface area (Å²) >= 11 is 3.53. The van der Waals surface area contributed by atoms with Crippen LogP contribution in [0.25, 0.3) is 10.9 Å². The second-order valence-electron chi connectivity index (χ2n) is 5.48. The molecule has 0 atom stereocenters. The summed E-state index contributed by atoms with van der Waals surface area (Å²) in [5.41, 5.74) is 11.8. The number of anilines is 3. The molecular formula is C18H18BrN3O. The molecule has 0 amide bonds. The van der Waals surface area contributed by atoms with Crippen molar-refractivity contribution in [3.8, 4) is 5.75 Å². The summed E-state index contributed by atoms with van der Waals surface area (Å²) in [4.78, 5) is 4.65. The van der Waals surface area contributed by atoms with Crippen LogP contribution in [0.15, 0.2) is 40.9 Å². The van der Waals surface area contributed by atoms with Gasteiger partial charge >= 0.3 is 0 Å². The smallest absolute Gasteiger partial charge is 0.119 e. The standard InChI is InChI=1S/C18H18BrN3O/c1-10-8-14(19)17(20)16-15(9-11(2)21-18(10)16)22-12-4-6-13(23-3)7-5-12/h4-9H,20H2,1-3H3,(H,21,22). The van der Waals surface area contributed by atoms with Crippen molar-refractivity contribution in [2.24, 2.45) is 0 Å². The summed E-state index contributed by atoms with van der Waals surface area (Å²) < 4.78 is 6.08. The van der Waals surface area contributed by atoms with Crippen LogP contribution >= 0.6 is 15.9 Å². The Hall–Kier alpha value is -2.27. The molecule has 0 aliphatic carbocycles. The van der Waals surface area contributed by atoms with Crippen LogP contribution in [0.1, 0.15) is 11.3 Å². The number of nitrogens with zero attached hydrogens (tertiary/aromatic N) is 1. The van der Waals surface area contributed by atoms with Gasteiger partial charge in [0.2, 0.25) is 0 Å². The third-order valence-electron chi connectivity index (χ3n) is 3.76. The predicted octanol–water partition coefficient (Wildman–Crippen LogP) is 4.95. The second-order valence-corrected chi connectivity index (χ2v) is 6.33. The number of fused-ring (bicyclic) bond motifs is 1. The van der Waals surface area contributed by atoms with Crippen LogP contribution in [0.4, 0.5) is 17.1 Å². The van der Waals surface area contributed by atoms with E-state index in [0.717, 1.165) is 43.8 Å². The van der Waals surface area contributed by atoms with Crippen molar-refractivity contribution in [2.45, 2.75) is 13.8 Å². The van der Waals surface area contributed by atoms with Gasteiger partial charge in [-0.3, -0.25) is 4.98 Å². The number of aryl methyl sites for hydroxylation is 2. The maximum Gasteiger partial charge on any atom is 0.119 e. The van der Waals surface area contributed by atoms with Crippen molar-refractivity contribution < 1.29 is 4.74 Å². The monoisotopic (exact) mass is 371 g/mol. The number of nitrogen functional groups attached to an aromatic ring is 1. The highest BCUT2D eigenvalue weighted by atomic mass is 79.9. The summed E-state index contributed by atoms with van der Waals surface area (Å²) in [6, 6.07) is 11.8. The fraction of sp³-hybridized carbons (Fsp3) is 0.167. The van der Waals surface area contributed by atoms with E-state index in [2.05, 4.69) is 26.2 Å². The van der Waals surface area contributed by atoms with E-state index in [4.69, 9.17) is 10.5 Å². The average molecular weight is 372 g/mol. The van der Waals surface area contributed by atoms with E-state index < -0.39 is 0 Å². The van der Waals surface area contributed by atoms with E-state index in [1.165, 1.54) is 0 Å². The average Bonchev–Trinajstić information content (AvgIpc) is 2.53. The molecule has 2 aromatic carbocycles. The second kappa shape index (κ2) is 6.08. The topological polar surface area (TPSA) is 60.2 Å². The first-order valence-corrected chi connectivity index (χ1v) is 8.06. The summed E-state index contributed by atoms with van der Waals surface area (Å²) in [5, 5.41) is 4.37. The summed E-state index contributed by atoms with van der Waals surface area (Å²) in [6.07, 6.45) is 0. The number of rotatable bonds is 3. The molecule has 0 saturated carbocycles. The Kier molecular flexibility index (Phi) is 4.13. The number of aromatic nitrogens is 1. The highest BCUT2D eigenvalue weighted by molar-refractivity contribution is 9.10. The van der Waals surface area contributed by atoms with Gasteiger partial charge in [-0.25, -0.2) is 0 Å². The zero-order valence-corrected chi connectivity index (χ0v) is 14.9. The summed E-state index contributed by atoms with van der Waals surface area (Å²) in [6.45, 7) is 4.02. The third-order valence-corrected chi connectivity index (χ3v) is 4.42. The molecule has 3 N–H and O–H groups in total. The molecule has 4 nitrogen and oxygen atoms in total. The lowest BCUT2D eigenvalue weighted by Gasteiger charge is -2.15. The third kappa shape index (κ3) is 2.97. The van der Waals surface area contributed by atoms with E-state index in [0.29, 0.717) is 5.69 Å². The zero-order valence-electron chi connectivity index (χ0n) is 13.3. The van der Waals surface area contributed by atoms with Gasteiger partial charge in [0.25, 0.3) is 0 Å². The van der Waals surface area contributed by atoms with Crippen molar-refractivity contribution >= 4 is 43.9 Å². The maximum atomic E-state index is 6.29. The van der Waals surface area contributed by atoms with Crippen molar-refractivity contribution in [1.82, 2.24) is 4.98 Å². The maximum absolute atomic E-state index is 6.29. The number of hydrogen-bond donors (Lipinski definition) is 2. The molecule has 0 aliphatic heterocycles. The number of methoxy groups -OCH3 is 1. The van der Waals surface area contributed by atoms with Crippen molar-refractivity contribution in [3.05, 3.63) is 52.1 Å². The molecule has 1 aromatic heterocycles. The molecule has 118 valence electrons. The quantitative estimate of drug-likeness (QED) is 0.639. The number of nitrogens with one attached hydrogen (secondary N) is 1. The lowest BCUT2D eigenvalue weighted by atomic mass is 10.1. The van der Waals surface area contributed by atoms with Gasteiger partial charge in [-0.05, 0) is 71.7 Å². The number of ether oxygens (including phenoxy) is 1. The SMILES string of the molecule is COc1ccc(Nc2cc(C)nc3c(C)cc(Br)c(N)c23)cc1. The Labute approximate surface area is 143 Å². The van der Waals surface area contributed by atoms with Crippen molar-refractivity contribution in [3.63, 3.8) is 0 Å². The molecule has 0 radical (unpaired) electrons. The van der Waals surface area contributed by atoms with Crippen LogP contribution in [-0.4, -0.2) is 12.1 Å². The van der Waals surface area contributed by atoms with E-state index in [1.807, 2.05) is 50.2 Å². The molecule has 23 heavy (non-hydrogen) atoms. The minimum absolute atomic E-state index is 0.689. The highest BCUT2D eigenvalue weighted by Crippen LogP contribution is 2.37. The fourth-order valence-corrected chi connectivity index (χ4v) is 3.16. The minimum atomic E-state index is 0.689. The molecule has 0 saturated heterocycles. The lowest BCUT2D eigenvalue weighted by Crippen LogP contribution is -2.00. The van der Waals surface area contributed by atoms with Gasteiger partial charge < -0.3 is 15.8 Å². The lowest BCUT2D eigenvalue weighted by molar-refractivity contribution is 0.415. The van der Waals surface area contributed by atoms with Gasteiger partial charge in [0.05, 0.1) is 24.0 Å². The summed E-state index contributed by atoms with van der Waals surface area (Å²) in [7, 11) is 1.66. The largest absolute Gasteiger partial charge is 0.497 e. The molecule has 0 aliphatic rings. The Morgan fingerprint density at radius 2 is 1.83 bits per heavy atom. The molecular weight excluding hydrogens is 354 g/mol.